The van der Waals surface area contributed by atoms with E-state index in [0.29, 0.717) is 0 Å². The lowest BCUT2D eigenvalue weighted by Crippen LogP contribution is -2.35. The molecule has 0 aliphatic carbocycles. The number of hydrogen-bond donors (Lipinski definition) is 0. The van der Waals surface area contributed by atoms with E-state index in [0.717, 1.165) is 11.1 Å². The molecule has 2 aromatic rings. The van der Waals surface area contributed by atoms with Crippen molar-refractivity contribution < 1.29 is 37.1 Å². The average molecular weight is 450 g/mol. The summed E-state index contributed by atoms with van der Waals surface area (Å²) >= 11 is 0. The molecule has 0 unspecified atom stereocenters. The molecule has 0 N–H and O–H groups in total. The van der Waals surface area contributed by atoms with Gasteiger partial charge >= 0.3 is 13.8 Å². The Morgan fingerprint density at radius 2 is 1.42 bits per heavy atom. The van der Waals surface area contributed by atoms with Gasteiger partial charge in [-0.3, -0.25) is 13.6 Å². The van der Waals surface area contributed by atoms with E-state index in [9.17, 15) is 9.36 Å². The van der Waals surface area contributed by atoms with Gasteiger partial charge in [0.15, 0.2) is 11.9 Å². The fraction of sp³-hybridized carbons (Fsp3) is 0.409. The fourth-order valence-electron chi connectivity index (χ4n) is 3.01. The smallest absolute Gasteiger partial charge is 0.467 e. The first kappa shape index (κ1) is 23.6. The van der Waals surface area contributed by atoms with Crippen molar-refractivity contribution in [3.05, 3.63) is 71.8 Å². The minimum absolute atomic E-state index is 0.0286. The molecule has 0 spiro atoms. The lowest BCUT2D eigenvalue weighted by molar-refractivity contribution is -0.168. The van der Waals surface area contributed by atoms with E-state index < -0.39 is 31.8 Å². The molecule has 9 heteroatoms. The minimum Gasteiger partial charge on any atom is -0.467 e. The van der Waals surface area contributed by atoms with E-state index in [2.05, 4.69) is 0 Å². The second-order valence-electron chi connectivity index (χ2n) is 7.38. The Morgan fingerprint density at radius 3 is 1.90 bits per heavy atom. The van der Waals surface area contributed by atoms with Crippen LogP contribution >= 0.6 is 7.82 Å². The zero-order valence-electron chi connectivity index (χ0n) is 17.8. The maximum Gasteiger partial charge on any atom is 0.475 e. The summed E-state index contributed by atoms with van der Waals surface area (Å²) < 4.78 is 46.1. The van der Waals surface area contributed by atoms with E-state index >= 15 is 0 Å². The van der Waals surface area contributed by atoms with Crippen LogP contribution in [0.5, 0.6) is 0 Å². The van der Waals surface area contributed by atoms with Crippen LogP contribution in [-0.2, 0) is 50.4 Å². The summed E-state index contributed by atoms with van der Waals surface area (Å²) in [6, 6.07) is 18.5. The highest BCUT2D eigenvalue weighted by molar-refractivity contribution is 7.48. The largest absolute Gasteiger partial charge is 0.475 e. The number of hydrogen-bond acceptors (Lipinski definition) is 8. The highest BCUT2D eigenvalue weighted by atomic mass is 31.2. The predicted octanol–water partition coefficient (Wildman–Crippen LogP) is 4.24. The van der Waals surface area contributed by atoms with Gasteiger partial charge in [-0.25, -0.2) is 9.36 Å². The minimum atomic E-state index is -4.00. The van der Waals surface area contributed by atoms with Crippen LogP contribution in [-0.4, -0.2) is 37.7 Å². The summed E-state index contributed by atoms with van der Waals surface area (Å²) in [7, 11) is -2.74. The molecule has 1 aliphatic heterocycles. The zero-order valence-corrected chi connectivity index (χ0v) is 18.7. The van der Waals surface area contributed by atoms with E-state index in [1.807, 2.05) is 60.7 Å². The van der Waals surface area contributed by atoms with Crippen molar-refractivity contribution in [1.82, 2.24) is 0 Å². The van der Waals surface area contributed by atoms with Gasteiger partial charge < -0.3 is 14.2 Å². The number of phosphoric acid groups is 1. The van der Waals surface area contributed by atoms with Gasteiger partial charge in [0.2, 0.25) is 0 Å². The molecule has 0 radical (unpaired) electrons. The maximum absolute atomic E-state index is 13.3. The molecule has 1 aliphatic rings. The molecule has 0 saturated carbocycles. The molecule has 2 aromatic carbocycles. The van der Waals surface area contributed by atoms with Gasteiger partial charge in [-0.15, -0.1) is 0 Å². The van der Waals surface area contributed by atoms with Gasteiger partial charge in [0.1, 0.15) is 6.10 Å². The van der Waals surface area contributed by atoms with Crippen LogP contribution in [0.2, 0.25) is 0 Å². The number of rotatable bonds is 10. The van der Waals surface area contributed by atoms with E-state index in [1.54, 1.807) is 13.8 Å². The van der Waals surface area contributed by atoms with Gasteiger partial charge in [0, 0.05) is 0 Å². The van der Waals surface area contributed by atoms with E-state index in [-0.39, 0.29) is 19.8 Å². The topological polar surface area (TPSA) is 89.5 Å². The van der Waals surface area contributed by atoms with Gasteiger partial charge in [-0.1, -0.05) is 60.7 Å². The third-order valence-electron chi connectivity index (χ3n) is 4.48. The number of carbonyl (C=O) groups is 1. The second kappa shape index (κ2) is 10.5. The second-order valence-corrected chi connectivity index (χ2v) is 9.05. The molecule has 8 nitrogen and oxygen atoms in total. The Morgan fingerprint density at radius 1 is 0.903 bits per heavy atom. The molecule has 1 heterocycles. The summed E-state index contributed by atoms with van der Waals surface area (Å²) in [5, 5.41) is 0. The first-order valence-electron chi connectivity index (χ1n) is 9.85. The third kappa shape index (κ3) is 6.97. The maximum atomic E-state index is 13.3. The average Bonchev–Trinajstić information content (AvgIpc) is 3.10. The molecule has 168 valence electrons. The van der Waals surface area contributed by atoms with Crippen LogP contribution in [0.3, 0.4) is 0 Å². The van der Waals surface area contributed by atoms with Gasteiger partial charge in [0.25, 0.3) is 0 Å². The summed E-state index contributed by atoms with van der Waals surface area (Å²) in [4.78, 5) is 12.0. The van der Waals surface area contributed by atoms with Crippen molar-refractivity contribution in [3.63, 3.8) is 0 Å². The molecule has 1 fully saturated rings. The summed E-state index contributed by atoms with van der Waals surface area (Å²) in [6.07, 6.45) is -1.85. The molecular weight excluding hydrogens is 423 g/mol. The summed E-state index contributed by atoms with van der Waals surface area (Å²) in [5.41, 5.74) is 1.62. The van der Waals surface area contributed by atoms with Crippen LogP contribution in [0, 0.1) is 0 Å². The zero-order chi connectivity index (χ0) is 22.3. The van der Waals surface area contributed by atoms with Gasteiger partial charge in [-0.2, -0.15) is 0 Å². The number of methoxy groups -OCH3 is 1. The Labute approximate surface area is 182 Å². The standard InChI is InChI=1S/C22H27O8P/c1-22(2)29-19(20(30-22)21(23)25-3)16-28-31(24,26-14-17-10-6-4-7-11-17)27-15-18-12-8-5-9-13-18/h4-13,19-20H,14-16H2,1-3H3/t19-,20+/m1/s1. The number of ether oxygens (including phenoxy) is 3. The first-order valence-corrected chi connectivity index (χ1v) is 11.3. The Hall–Kier alpha value is -2.06. The van der Waals surface area contributed by atoms with Crippen molar-refractivity contribution in [2.24, 2.45) is 0 Å². The molecular formula is C22H27O8P. The van der Waals surface area contributed by atoms with Crippen molar-refractivity contribution >= 4 is 13.8 Å². The molecule has 0 amide bonds. The van der Waals surface area contributed by atoms with Crippen molar-refractivity contribution in [2.45, 2.75) is 45.1 Å². The van der Waals surface area contributed by atoms with Crippen molar-refractivity contribution in [2.75, 3.05) is 13.7 Å². The monoisotopic (exact) mass is 450 g/mol. The predicted molar refractivity (Wildman–Crippen MR) is 112 cm³/mol. The first-order chi connectivity index (χ1) is 14.8. The fourth-order valence-corrected chi connectivity index (χ4v) is 4.17. The van der Waals surface area contributed by atoms with Gasteiger partial charge in [0.05, 0.1) is 26.9 Å². The SMILES string of the molecule is COC(=O)[C@H]1OC(C)(C)O[C@@H]1COP(=O)(OCc1ccccc1)OCc1ccccc1. The van der Waals surface area contributed by atoms with E-state index in [1.165, 1.54) is 7.11 Å². The highest BCUT2D eigenvalue weighted by Gasteiger charge is 2.47. The molecule has 1 saturated heterocycles. The summed E-state index contributed by atoms with van der Waals surface area (Å²) in [6.45, 7) is 3.15. The normalized spacial score (nSPS) is 20.5. The Bertz CT molecular complexity index is 839. The van der Waals surface area contributed by atoms with Crippen molar-refractivity contribution in [1.29, 1.82) is 0 Å². The third-order valence-corrected chi connectivity index (χ3v) is 5.83. The lowest BCUT2D eigenvalue weighted by Gasteiger charge is -2.21. The van der Waals surface area contributed by atoms with Crippen molar-refractivity contribution in [3.8, 4) is 0 Å². The van der Waals surface area contributed by atoms with Crippen LogP contribution in [0.4, 0.5) is 0 Å². The van der Waals surface area contributed by atoms with Crippen LogP contribution < -0.4 is 0 Å². The van der Waals surface area contributed by atoms with Crippen LogP contribution in [0.15, 0.2) is 60.7 Å². The quantitative estimate of drug-likeness (QED) is 0.392. The van der Waals surface area contributed by atoms with Crippen LogP contribution in [0.25, 0.3) is 0 Å². The van der Waals surface area contributed by atoms with Gasteiger partial charge in [-0.05, 0) is 25.0 Å². The Kier molecular flexibility index (Phi) is 8.00. The molecule has 2 atom stereocenters. The van der Waals surface area contributed by atoms with E-state index in [4.69, 9.17) is 27.8 Å². The lowest BCUT2D eigenvalue weighted by atomic mass is 10.2. The number of benzene rings is 2. The Balaban J connectivity index is 1.69. The highest BCUT2D eigenvalue weighted by Crippen LogP contribution is 2.51. The molecule has 0 bridgehead atoms. The number of phosphoric ester groups is 1. The van der Waals surface area contributed by atoms with Crippen LogP contribution in [0.1, 0.15) is 25.0 Å². The molecule has 31 heavy (non-hydrogen) atoms. The number of esters is 1. The number of carbonyl (C=O) groups excluding carboxylic acids is 1. The summed E-state index contributed by atoms with van der Waals surface area (Å²) in [5.74, 6) is -1.63. The molecule has 0 aromatic heterocycles. The molecule has 3 rings (SSSR count).